The third-order valence-corrected chi connectivity index (χ3v) is 6.22. The number of ketones is 1. The van der Waals surface area contributed by atoms with Gasteiger partial charge in [-0.2, -0.15) is 5.26 Å². The fraction of sp³-hybridized carbons (Fsp3) is 0.440. The third kappa shape index (κ3) is 4.73. The van der Waals surface area contributed by atoms with Crippen LogP contribution in [-0.2, 0) is 9.53 Å². The van der Waals surface area contributed by atoms with E-state index in [4.69, 9.17) is 31.5 Å². The molecule has 1 aromatic rings. The van der Waals surface area contributed by atoms with Gasteiger partial charge < -0.3 is 24.8 Å². The van der Waals surface area contributed by atoms with Gasteiger partial charge in [-0.1, -0.05) is 38.1 Å². The fourth-order valence-electron chi connectivity index (χ4n) is 4.54. The van der Waals surface area contributed by atoms with Gasteiger partial charge in [0.1, 0.15) is 12.4 Å². The van der Waals surface area contributed by atoms with E-state index in [9.17, 15) is 10.1 Å². The highest BCUT2D eigenvalue weighted by Crippen LogP contribution is 2.50. The van der Waals surface area contributed by atoms with Gasteiger partial charge in [-0.05, 0) is 29.5 Å². The summed E-state index contributed by atoms with van der Waals surface area (Å²) in [5, 5.41) is 10.4. The zero-order valence-electron chi connectivity index (χ0n) is 19.5. The average Bonchev–Trinajstić information content (AvgIpc) is 2.75. The molecule has 0 aromatic heterocycles. The molecule has 0 saturated heterocycles. The molecule has 1 aromatic carbocycles. The predicted octanol–water partition coefficient (Wildman–Crippen LogP) is 4.30. The van der Waals surface area contributed by atoms with Crippen molar-refractivity contribution in [2.45, 2.75) is 32.6 Å². The summed E-state index contributed by atoms with van der Waals surface area (Å²) >= 11 is 6.55. The van der Waals surface area contributed by atoms with E-state index in [1.54, 1.807) is 25.3 Å². The maximum Gasteiger partial charge on any atom is 0.180 e. The summed E-state index contributed by atoms with van der Waals surface area (Å²) in [4.78, 5) is 15.3. The van der Waals surface area contributed by atoms with Gasteiger partial charge in [0, 0.05) is 31.3 Å². The van der Waals surface area contributed by atoms with Gasteiger partial charge >= 0.3 is 0 Å². The first kappa shape index (κ1) is 24.7. The van der Waals surface area contributed by atoms with Crippen LogP contribution in [0.25, 0.3) is 0 Å². The minimum Gasteiger partial charge on any atom is -0.493 e. The summed E-state index contributed by atoms with van der Waals surface area (Å²) in [5.74, 6) is 0.456. The minimum absolute atomic E-state index is 0.00371. The first-order valence-electron chi connectivity index (χ1n) is 10.7. The van der Waals surface area contributed by atoms with Crippen LogP contribution < -0.4 is 15.2 Å². The number of rotatable bonds is 8. The smallest absolute Gasteiger partial charge is 0.180 e. The molecule has 1 aliphatic heterocycles. The van der Waals surface area contributed by atoms with Crippen LogP contribution in [0.15, 0.2) is 47.5 Å². The zero-order valence-corrected chi connectivity index (χ0v) is 20.3. The number of hydrogen-bond donors (Lipinski definition) is 1. The van der Waals surface area contributed by atoms with Crippen molar-refractivity contribution in [2.75, 3.05) is 34.0 Å². The summed E-state index contributed by atoms with van der Waals surface area (Å²) in [5.41, 5.74) is 8.66. The van der Waals surface area contributed by atoms with Crippen molar-refractivity contribution in [3.8, 4) is 17.6 Å². The lowest BCUT2D eigenvalue weighted by Crippen LogP contribution is -2.43. The van der Waals surface area contributed by atoms with E-state index >= 15 is 0 Å². The lowest BCUT2D eigenvalue weighted by atomic mass is 9.68. The maximum atomic E-state index is 13.5. The van der Waals surface area contributed by atoms with Crippen molar-refractivity contribution in [1.82, 2.24) is 4.90 Å². The number of halogens is 1. The lowest BCUT2D eigenvalue weighted by Gasteiger charge is -2.43. The van der Waals surface area contributed by atoms with Crippen molar-refractivity contribution in [1.29, 1.82) is 5.26 Å². The molecule has 176 valence electrons. The molecule has 0 saturated carbocycles. The first-order chi connectivity index (χ1) is 15.7. The summed E-state index contributed by atoms with van der Waals surface area (Å²) in [6.07, 6.45) is 2.64. The topological polar surface area (TPSA) is 97.8 Å². The number of allylic oxidation sites excluding steroid dienone is 3. The number of methoxy groups -OCH3 is 2. The average molecular weight is 472 g/mol. The highest BCUT2D eigenvalue weighted by molar-refractivity contribution is 6.32. The first-order valence-corrected chi connectivity index (χ1v) is 11.1. The number of nitrogens with zero attached hydrogens (tertiary/aromatic N) is 2. The third-order valence-electron chi connectivity index (χ3n) is 5.94. The number of nitriles is 1. The Balaban J connectivity index is 2.23. The summed E-state index contributed by atoms with van der Waals surface area (Å²) in [6, 6.07) is 5.71. The molecule has 2 aliphatic rings. The Kier molecular flexibility index (Phi) is 7.41. The van der Waals surface area contributed by atoms with Gasteiger partial charge in [-0.3, -0.25) is 4.79 Å². The second-order valence-electron chi connectivity index (χ2n) is 8.92. The zero-order chi connectivity index (χ0) is 24.3. The standard InChI is InChI=1S/C25H30ClN3O4/c1-6-8-33-23-17(26)10-15(11-20(23)32-5)21-16(14-27)24(28)29(7-9-31-4)18-12-25(2,3)13-19(30)22(18)21/h6,10-11,21H,1,7-9,12-13,28H2,2-5H3/t21-/m1/s1. The number of benzene rings is 1. The van der Waals surface area contributed by atoms with Gasteiger partial charge in [0.25, 0.3) is 0 Å². The Bertz CT molecular complexity index is 1070. The van der Waals surface area contributed by atoms with Crippen LogP contribution in [0.5, 0.6) is 11.5 Å². The van der Waals surface area contributed by atoms with Crippen molar-refractivity contribution in [2.24, 2.45) is 11.1 Å². The van der Waals surface area contributed by atoms with E-state index in [0.717, 1.165) is 5.70 Å². The molecule has 0 spiro atoms. The van der Waals surface area contributed by atoms with E-state index in [-0.39, 0.29) is 17.8 Å². The molecular formula is C25H30ClN3O4. The predicted molar refractivity (Wildman–Crippen MR) is 127 cm³/mol. The van der Waals surface area contributed by atoms with Crippen molar-refractivity contribution in [3.05, 3.63) is 58.0 Å². The molecule has 0 amide bonds. The molecule has 2 N–H and O–H groups in total. The Morgan fingerprint density at radius 1 is 1.36 bits per heavy atom. The lowest BCUT2D eigenvalue weighted by molar-refractivity contribution is -0.118. The van der Waals surface area contributed by atoms with Crippen molar-refractivity contribution >= 4 is 17.4 Å². The number of ether oxygens (including phenoxy) is 3. The molecule has 1 atom stereocenters. The van der Waals surface area contributed by atoms with Gasteiger partial charge in [0.2, 0.25) is 0 Å². The van der Waals surface area contributed by atoms with Crippen LogP contribution in [0, 0.1) is 16.7 Å². The van der Waals surface area contributed by atoms with Crippen LogP contribution >= 0.6 is 11.6 Å². The molecular weight excluding hydrogens is 442 g/mol. The number of Topliss-reactive ketones (excluding diaryl/α,β-unsaturated/α-hetero) is 1. The van der Waals surface area contributed by atoms with E-state index in [1.165, 1.54) is 7.11 Å². The van der Waals surface area contributed by atoms with E-state index in [1.807, 2.05) is 4.90 Å². The fourth-order valence-corrected chi connectivity index (χ4v) is 4.81. The van der Waals surface area contributed by atoms with Gasteiger partial charge in [-0.15, -0.1) is 0 Å². The molecule has 0 bridgehead atoms. The van der Waals surface area contributed by atoms with Crippen LogP contribution in [0.4, 0.5) is 0 Å². The number of carbonyl (C=O) groups excluding carboxylic acids is 1. The number of nitrogens with two attached hydrogens (primary N) is 1. The molecule has 0 fully saturated rings. The molecule has 3 rings (SSSR count). The van der Waals surface area contributed by atoms with Crippen molar-refractivity contribution in [3.63, 3.8) is 0 Å². The van der Waals surface area contributed by atoms with Crippen LogP contribution in [-0.4, -0.2) is 44.7 Å². The highest BCUT2D eigenvalue weighted by atomic mass is 35.5. The van der Waals surface area contributed by atoms with Gasteiger partial charge in [-0.25, -0.2) is 0 Å². The molecule has 0 radical (unpaired) electrons. The monoisotopic (exact) mass is 471 g/mol. The second-order valence-corrected chi connectivity index (χ2v) is 9.33. The summed E-state index contributed by atoms with van der Waals surface area (Å²) < 4.78 is 16.4. The van der Waals surface area contributed by atoms with E-state index in [2.05, 4.69) is 26.5 Å². The Morgan fingerprint density at radius 3 is 2.70 bits per heavy atom. The van der Waals surface area contributed by atoms with E-state index < -0.39 is 5.92 Å². The second kappa shape index (κ2) is 9.90. The minimum atomic E-state index is -0.646. The Labute approximate surface area is 200 Å². The van der Waals surface area contributed by atoms with Crippen LogP contribution in [0.3, 0.4) is 0 Å². The van der Waals surface area contributed by atoms with Crippen molar-refractivity contribution < 1.29 is 19.0 Å². The number of carbonyl (C=O) groups is 1. The SMILES string of the molecule is C=CCOc1c(Cl)cc([C@@H]2C(C#N)=C(N)N(CCOC)C3=C2C(=O)CC(C)(C)C3)cc1OC. The summed E-state index contributed by atoms with van der Waals surface area (Å²) in [6.45, 7) is 8.88. The normalized spacial score (nSPS) is 19.8. The summed E-state index contributed by atoms with van der Waals surface area (Å²) in [7, 11) is 3.12. The molecule has 0 unspecified atom stereocenters. The highest BCUT2D eigenvalue weighted by Gasteiger charge is 2.44. The Hall–Kier alpha value is -2.95. The maximum absolute atomic E-state index is 13.5. The molecule has 1 heterocycles. The molecule has 8 heteroatoms. The molecule has 1 aliphatic carbocycles. The van der Waals surface area contributed by atoms with Crippen LogP contribution in [0.1, 0.15) is 38.2 Å². The molecule has 33 heavy (non-hydrogen) atoms. The quantitative estimate of drug-likeness (QED) is 0.564. The Morgan fingerprint density at radius 2 is 2.09 bits per heavy atom. The number of hydrogen-bond acceptors (Lipinski definition) is 7. The van der Waals surface area contributed by atoms with Gasteiger partial charge in [0.05, 0.1) is 36.3 Å². The van der Waals surface area contributed by atoms with Crippen LogP contribution in [0.2, 0.25) is 5.02 Å². The molecule has 7 nitrogen and oxygen atoms in total. The van der Waals surface area contributed by atoms with Gasteiger partial charge in [0.15, 0.2) is 17.3 Å². The largest absolute Gasteiger partial charge is 0.493 e. The van der Waals surface area contributed by atoms with E-state index in [0.29, 0.717) is 65.0 Å².